The molecule has 10 aromatic rings. The average molecular weight is 1740 g/mol. The van der Waals surface area contributed by atoms with Crippen LogP contribution in [0, 0.1) is 35.7 Å². The van der Waals surface area contributed by atoms with Crippen LogP contribution in [-0.4, -0.2) is 5.16 Å². The maximum atomic E-state index is 13.1. The van der Waals surface area contributed by atoms with Crippen molar-refractivity contribution in [3.8, 4) is 6.07 Å². The summed E-state index contributed by atoms with van der Waals surface area (Å²) in [6.07, 6.45) is 1.59. The van der Waals surface area contributed by atoms with Gasteiger partial charge >= 0.3 is 0 Å². The zero-order valence-electron chi connectivity index (χ0n) is 65.1. The first-order valence-corrected chi connectivity index (χ1v) is 40.2. The molecular formula is C89H103BrCl11F3N2O. The van der Waals surface area contributed by atoms with E-state index in [1.165, 1.54) is 46.0 Å². The number of nitrogens with zero attached hydrogens (tertiary/aromatic N) is 2. The Morgan fingerprint density at radius 1 is 0.336 bits per heavy atom. The molecule has 18 heteroatoms. The van der Waals surface area contributed by atoms with Crippen LogP contribution in [0.3, 0.4) is 0 Å². The Labute approximate surface area is 702 Å². The lowest BCUT2D eigenvalue weighted by molar-refractivity contribution is 0.408. The number of rotatable bonds is 10. The molecule has 1 heterocycles. The van der Waals surface area contributed by atoms with E-state index in [9.17, 15) is 13.2 Å². The molecule has 580 valence electrons. The molecule has 0 saturated heterocycles. The lowest BCUT2D eigenvalue weighted by Gasteiger charge is -2.09. The van der Waals surface area contributed by atoms with Crippen molar-refractivity contribution in [2.24, 2.45) is 0 Å². The van der Waals surface area contributed by atoms with Crippen LogP contribution in [0.25, 0.3) is 0 Å². The molecule has 0 fully saturated rings. The van der Waals surface area contributed by atoms with E-state index in [2.05, 4.69) is 172 Å². The first-order valence-electron chi connectivity index (χ1n) is 35.3. The molecule has 0 unspecified atom stereocenters. The van der Waals surface area contributed by atoms with Gasteiger partial charge < -0.3 is 4.52 Å². The summed E-state index contributed by atoms with van der Waals surface area (Å²) in [5.41, 5.74) is 12.6. The first kappa shape index (κ1) is 100. The third-order valence-corrected chi connectivity index (χ3v) is 20.5. The van der Waals surface area contributed by atoms with E-state index in [-0.39, 0.29) is 17.7 Å². The predicted octanol–water partition coefficient (Wildman–Crippen LogP) is 35.6. The highest BCUT2D eigenvalue weighted by molar-refractivity contribution is 9.10. The van der Waals surface area contributed by atoms with E-state index in [4.69, 9.17) is 133 Å². The Morgan fingerprint density at radius 2 is 0.776 bits per heavy atom. The maximum absolute atomic E-state index is 13.1. The van der Waals surface area contributed by atoms with Crippen molar-refractivity contribution in [3.05, 3.63) is 326 Å². The number of nitriles is 1. The summed E-state index contributed by atoms with van der Waals surface area (Å²) in [4.78, 5) is 0. The Bertz CT molecular complexity index is 4090. The lowest BCUT2D eigenvalue weighted by Crippen LogP contribution is -1.95. The summed E-state index contributed by atoms with van der Waals surface area (Å²) in [6, 6.07) is 56.3. The van der Waals surface area contributed by atoms with Crippen LogP contribution in [0.15, 0.2) is 191 Å². The molecule has 1 aromatic heterocycles. The van der Waals surface area contributed by atoms with Crippen LogP contribution in [0.2, 0.25) is 55.2 Å². The molecule has 0 aliphatic carbocycles. The fraction of sp³-hybridized carbons (Fsp3) is 0.348. The van der Waals surface area contributed by atoms with E-state index in [1.807, 2.05) is 126 Å². The second-order valence-electron chi connectivity index (χ2n) is 27.8. The minimum absolute atomic E-state index is 0.0168. The quantitative estimate of drug-likeness (QED) is 0.128. The van der Waals surface area contributed by atoms with E-state index in [0.717, 1.165) is 52.5 Å². The molecule has 0 spiro atoms. The zero-order valence-corrected chi connectivity index (χ0v) is 75.0. The van der Waals surface area contributed by atoms with Gasteiger partial charge in [0.25, 0.3) is 0 Å². The molecule has 10 rings (SSSR count). The van der Waals surface area contributed by atoms with Crippen LogP contribution < -0.4 is 0 Å². The van der Waals surface area contributed by atoms with Gasteiger partial charge in [-0.3, -0.25) is 0 Å². The summed E-state index contributed by atoms with van der Waals surface area (Å²) in [7, 11) is 0. The lowest BCUT2D eigenvalue weighted by atomic mass is 9.98. The van der Waals surface area contributed by atoms with Gasteiger partial charge in [0.15, 0.2) is 0 Å². The highest BCUT2D eigenvalue weighted by Gasteiger charge is 2.15. The maximum Gasteiger partial charge on any atom is 0.148 e. The van der Waals surface area contributed by atoms with Crippen LogP contribution in [0.1, 0.15) is 265 Å². The fourth-order valence-electron chi connectivity index (χ4n) is 9.33. The molecular weight excluding hydrogens is 1640 g/mol. The number of aromatic nitrogens is 1. The molecule has 0 saturated carbocycles. The fourth-order valence-corrected chi connectivity index (χ4v) is 11.8. The molecule has 9 aromatic carbocycles. The highest BCUT2D eigenvalue weighted by Crippen LogP contribution is 2.33. The van der Waals surface area contributed by atoms with Gasteiger partial charge in [0, 0.05) is 35.7 Å². The number of hydrogen-bond acceptors (Lipinski definition) is 3. The van der Waals surface area contributed by atoms with E-state index in [1.54, 1.807) is 42.7 Å². The number of hydrogen-bond donors (Lipinski definition) is 0. The predicted molar refractivity (Wildman–Crippen MR) is 468 cm³/mol. The summed E-state index contributed by atoms with van der Waals surface area (Å²) in [5, 5.41) is 19.2. The third kappa shape index (κ3) is 37.8. The molecule has 0 atom stereocenters. The van der Waals surface area contributed by atoms with Gasteiger partial charge in [0.05, 0.1) is 42.4 Å². The topological polar surface area (TPSA) is 49.8 Å². The second-order valence-corrected chi connectivity index (χ2v) is 33.1. The van der Waals surface area contributed by atoms with Crippen molar-refractivity contribution in [2.75, 3.05) is 0 Å². The van der Waals surface area contributed by atoms with E-state index >= 15 is 0 Å². The van der Waals surface area contributed by atoms with Gasteiger partial charge in [-0.25, -0.2) is 13.2 Å². The van der Waals surface area contributed by atoms with Gasteiger partial charge in [-0.1, -0.05) is 344 Å². The molecule has 0 bridgehead atoms. The van der Waals surface area contributed by atoms with Crippen molar-refractivity contribution >= 4 is 144 Å². The Morgan fingerprint density at radius 3 is 1.18 bits per heavy atom. The summed E-state index contributed by atoms with van der Waals surface area (Å²) >= 11 is 67.2. The Balaban J connectivity index is 0.000000595. The molecule has 0 N–H and O–H groups in total. The van der Waals surface area contributed by atoms with Gasteiger partial charge in [-0.15, -0.1) is 0 Å². The molecule has 0 amide bonds. The SMILES string of the molecule is CC(C)c1cc(Cl)ccc1C#N.CC(C)c1cc(Cl)ccc1Cl.CC(C)c1cc(Cl)ccc1F.CC(C)c1ccc(Br)c(Cl)c1.CC(C)c1ccc(Cl)c(Cl)c1.CC(C)c1ccc(F)c(Cl)c1F.CC(C)c1cccc(Cl)c1Cl.CC(C)c1ccccc1.CC(C)c1ccon1.Cc1c(Cl)cccc1C(C)C. The van der Waals surface area contributed by atoms with Crippen molar-refractivity contribution in [1.82, 2.24) is 5.16 Å². The largest absolute Gasteiger partial charge is 0.365 e. The number of benzene rings is 9. The van der Waals surface area contributed by atoms with Gasteiger partial charge in [-0.05, 0) is 235 Å². The average Bonchev–Trinajstić information content (AvgIpc) is 1.10. The van der Waals surface area contributed by atoms with Crippen LogP contribution in [-0.2, 0) is 0 Å². The summed E-state index contributed by atoms with van der Waals surface area (Å²) in [6.45, 7) is 43.6. The monoisotopic (exact) mass is 1740 g/mol. The standard InChI is InChI=1S/C10H10ClN.C10H13Cl.C9H10BrCl.3C9H10Cl2.C9H9ClF2.C9H10ClF.C9H12.C6H9NO/c1-7(2)10-5-9(11)4-3-8(10)6-12;1-7(2)9-5-4-6-10(11)8(9)3;1-6(2)7-3-4-8(10)9(11)5-7;1-6(2)8-5-7(10)3-4-9(8)11;1-6(2)7-3-4-8(10)9(11)5-7;1-6(2)7-4-3-5-8(10)9(7)11;1-5(2)6-3-4-7(11)8(10)9(6)12;1-6(2)8-5-7(10)3-4-9(8)11;1-8(2)9-6-4-3-5-7-9;1-5(2)6-3-4-8-7-6/h3-5,7H,1-2H3;4-7H,1-3H3;4*3-6H,1-2H3;3-5H,1-2H3;3-6H,1-2H3;3-8H,1-2H3;3-5H,1-2H3. The normalized spacial score (nSPS) is 10.5. The molecule has 107 heavy (non-hydrogen) atoms. The molecule has 0 radical (unpaired) electrons. The van der Waals surface area contributed by atoms with Crippen molar-refractivity contribution < 1.29 is 17.7 Å². The zero-order chi connectivity index (χ0) is 81.7. The van der Waals surface area contributed by atoms with E-state index in [0.29, 0.717) is 88.6 Å². The van der Waals surface area contributed by atoms with Crippen LogP contribution in [0.4, 0.5) is 13.2 Å². The minimum Gasteiger partial charge on any atom is -0.365 e. The number of halogens is 15. The van der Waals surface area contributed by atoms with Crippen LogP contribution >= 0.6 is 144 Å². The van der Waals surface area contributed by atoms with Crippen molar-refractivity contribution in [1.29, 1.82) is 5.26 Å². The molecule has 0 aliphatic heterocycles. The first-order chi connectivity index (χ1) is 50.0. The van der Waals surface area contributed by atoms with Crippen molar-refractivity contribution in [3.63, 3.8) is 0 Å². The van der Waals surface area contributed by atoms with Gasteiger partial charge in [0.2, 0.25) is 0 Å². The molecule has 0 aliphatic rings. The minimum atomic E-state index is -0.710. The van der Waals surface area contributed by atoms with Crippen molar-refractivity contribution in [2.45, 2.75) is 205 Å². The van der Waals surface area contributed by atoms with Crippen LogP contribution in [0.5, 0.6) is 0 Å². The van der Waals surface area contributed by atoms with Gasteiger partial charge in [-0.2, -0.15) is 5.26 Å². The Hall–Kier alpha value is -4.86. The highest BCUT2D eigenvalue weighted by atomic mass is 79.9. The van der Waals surface area contributed by atoms with E-state index < -0.39 is 16.7 Å². The summed E-state index contributed by atoms with van der Waals surface area (Å²) in [5.74, 6) is 2.63. The van der Waals surface area contributed by atoms with Gasteiger partial charge in [0.1, 0.15) is 28.7 Å². The smallest absolute Gasteiger partial charge is 0.148 e. The Kier molecular flexibility index (Phi) is 49.0. The second kappa shape index (κ2) is 52.4. The summed E-state index contributed by atoms with van der Waals surface area (Å²) < 4.78 is 44.3. The molecule has 3 nitrogen and oxygen atoms in total. The third-order valence-electron chi connectivity index (χ3n) is 15.9.